The van der Waals surface area contributed by atoms with Crippen LogP contribution in [0.1, 0.15) is 32.3 Å². The van der Waals surface area contributed by atoms with E-state index in [1.807, 2.05) is 6.92 Å². The van der Waals surface area contributed by atoms with Gasteiger partial charge in [-0.2, -0.15) is 13.2 Å². The van der Waals surface area contributed by atoms with Gasteiger partial charge in [0.25, 0.3) is 0 Å². The second-order valence-corrected chi connectivity index (χ2v) is 5.54. The molecule has 1 rings (SSSR count). The van der Waals surface area contributed by atoms with E-state index in [0.717, 1.165) is 6.42 Å². The van der Waals surface area contributed by atoms with Crippen LogP contribution in [0, 0.1) is 0 Å². The Morgan fingerprint density at radius 3 is 2.55 bits per heavy atom. The lowest BCUT2D eigenvalue weighted by atomic mass is 9.98. The highest BCUT2D eigenvalue weighted by Crippen LogP contribution is 2.23. The molecule has 4 nitrogen and oxygen atoms in total. The van der Waals surface area contributed by atoms with Gasteiger partial charge in [0, 0.05) is 5.69 Å². The van der Waals surface area contributed by atoms with Gasteiger partial charge < -0.3 is 15.7 Å². The van der Waals surface area contributed by atoms with Crippen LogP contribution in [-0.2, 0) is 6.42 Å². The fraction of sp³-hybridized carbons (Fsp3) is 0.533. The van der Waals surface area contributed by atoms with Gasteiger partial charge in [-0.1, -0.05) is 25.5 Å². The minimum Gasteiger partial charge on any atom is -0.394 e. The predicted molar refractivity (Wildman–Crippen MR) is 78.8 cm³/mol. The number of halogens is 3. The fourth-order valence-electron chi connectivity index (χ4n) is 2.16. The van der Waals surface area contributed by atoms with Crippen molar-refractivity contribution in [2.75, 3.05) is 11.9 Å². The highest BCUT2D eigenvalue weighted by Gasteiger charge is 2.28. The Morgan fingerprint density at radius 2 is 2.00 bits per heavy atom. The molecule has 3 N–H and O–H groups in total. The third-order valence-electron chi connectivity index (χ3n) is 3.16. The molecular formula is C15H21F3N2O2. The van der Waals surface area contributed by atoms with Crippen molar-refractivity contribution in [3.8, 4) is 0 Å². The van der Waals surface area contributed by atoms with E-state index in [9.17, 15) is 23.1 Å². The summed E-state index contributed by atoms with van der Waals surface area (Å²) in [5.41, 5.74) is -0.414. The quantitative estimate of drug-likeness (QED) is 0.752. The van der Waals surface area contributed by atoms with Crippen LogP contribution in [0.15, 0.2) is 24.3 Å². The molecule has 1 unspecified atom stereocenters. The number of carbonyl (C=O) groups excluding carboxylic acids is 1. The third kappa shape index (κ3) is 6.34. The fourth-order valence-corrected chi connectivity index (χ4v) is 2.16. The molecule has 1 atom stereocenters. The maximum absolute atomic E-state index is 12.4. The van der Waals surface area contributed by atoms with Crippen LogP contribution in [0.5, 0.6) is 0 Å². The minimum atomic E-state index is -4.29. The van der Waals surface area contributed by atoms with E-state index < -0.39 is 24.2 Å². The molecule has 22 heavy (non-hydrogen) atoms. The van der Waals surface area contributed by atoms with Gasteiger partial charge in [-0.3, -0.25) is 0 Å². The molecule has 0 bridgehead atoms. The molecule has 0 fully saturated rings. The van der Waals surface area contributed by atoms with Gasteiger partial charge in [0.05, 0.1) is 18.6 Å². The number of carbonyl (C=O) groups is 1. The number of anilines is 1. The number of rotatable bonds is 6. The Balaban J connectivity index is 2.70. The Hall–Kier alpha value is -1.76. The van der Waals surface area contributed by atoms with E-state index in [4.69, 9.17) is 0 Å². The van der Waals surface area contributed by atoms with Gasteiger partial charge in [-0.05, 0) is 31.0 Å². The number of urea groups is 1. The van der Waals surface area contributed by atoms with Crippen molar-refractivity contribution in [1.29, 1.82) is 0 Å². The van der Waals surface area contributed by atoms with Gasteiger partial charge in [-0.15, -0.1) is 0 Å². The summed E-state index contributed by atoms with van der Waals surface area (Å²) in [7, 11) is 0. The van der Waals surface area contributed by atoms with Crippen LogP contribution in [0.4, 0.5) is 23.7 Å². The molecule has 0 saturated heterocycles. The monoisotopic (exact) mass is 318 g/mol. The zero-order valence-corrected chi connectivity index (χ0v) is 12.6. The second-order valence-electron chi connectivity index (χ2n) is 5.54. The molecule has 7 heteroatoms. The molecule has 1 aromatic carbocycles. The standard InChI is InChI=1S/C15H21F3N2O2/c1-3-7-14(2,10-21)20-13(22)19-12-6-4-5-11(8-12)9-15(16,17)18/h4-6,8,21H,3,7,9-10H2,1-2H3,(H2,19,20,22). The molecule has 0 aliphatic heterocycles. The SMILES string of the molecule is CCCC(C)(CO)NC(=O)Nc1cccc(CC(F)(F)F)c1. The first-order valence-corrected chi connectivity index (χ1v) is 7.03. The number of alkyl halides is 3. The lowest BCUT2D eigenvalue weighted by Gasteiger charge is -2.28. The summed E-state index contributed by atoms with van der Waals surface area (Å²) >= 11 is 0. The lowest BCUT2D eigenvalue weighted by molar-refractivity contribution is -0.127. The van der Waals surface area contributed by atoms with Gasteiger partial charge in [0.1, 0.15) is 0 Å². The van der Waals surface area contributed by atoms with E-state index in [2.05, 4.69) is 10.6 Å². The van der Waals surface area contributed by atoms with Crippen LogP contribution in [0.2, 0.25) is 0 Å². The van der Waals surface area contributed by atoms with Crippen molar-refractivity contribution in [2.24, 2.45) is 0 Å². The van der Waals surface area contributed by atoms with E-state index >= 15 is 0 Å². The Morgan fingerprint density at radius 1 is 1.32 bits per heavy atom. The molecule has 0 aliphatic carbocycles. The van der Waals surface area contributed by atoms with Gasteiger partial charge in [-0.25, -0.2) is 4.79 Å². The number of aliphatic hydroxyl groups excluding tert-OH is 1. The Labute approximate surface area is 127 Å². The van der Waals surface area contributed by atoms with Crippen LogP contribution in [0.3, 0.4) is 0 Å². The molecule has 0 heterocycles. The molecule has 0 radical (unpaired) electrons. The van der Waals surface area contributed by atoms with Crippen molar-refractivity contribution in [2.45, 2.75) is 44.8 Å². The van der Waals surface area contributed by atoms with Gasteiger partial charge in [0.15, 0.2) is 0 Å². The molecule has 2 amide bonds. The molecule has 124 valence electrons. The average molecular weight is 318 g/mol. The van der Waals surface area contributed by atoms with Gasteiger partial charge in [0.2, 0.25) is 0 Å². The molecule has 1 aromatic rings. The second kappa shape index (κ2) is 7.49. The van der Waals surface area contributed by atoms with Gasteiger partial charge >= 0.3 is 12.2 Å². The van der Waals surface area contributed by atoms with Crippen molar-refractivity contribution in [3.05, 3.63) is 29.8 Å². The molecule has 0 aliphatic rings. The Kier molecular flexibility index (Phi) is 6.22. The molecule has 0 saturated carbocycles. The van der Waals surface area contributed by atoms with Crippen LogP contribution >= 0.6 is 0 Å². The Bertz CT molecular complexity index is 506. The smallest absolute Gasteiger partial charge is 0.393 e. The van der Waals surface area contributed by atoms with E-state index in [1.54, 1.807) is 6.92 Å². The van der Waals surface area contributed by atoms with Crippen molar-refractivity contribution < 1.29 is 23.1 Å². The molecule has 0 aromatic heterocycles. The summed E-state index contributed by atoms with van der Waals surface area (Å²) in [5, 5.41) is 14.5. The summed E-state index contributed by atoms with van der Waals surface area (Å²) in [6.45, 7) is 3.41. The van der Waals surface area contributed by atoms with Crippen molar-refractivity contribution in [1.82, 2.24) is 5.32 Å². The molecule has 0 spiro atoms. The lowest BCUT2D eigenvalue weighted by Crippen LogP contribution is -2.50. The number of nitrogens with one attached hydrogen (secondary N) is 2. The molecular weight excluding hydrogens is 297 g/mol. The number of hydrogen-bond donors (Lipinski definition) is 3. The first-order valence-electron chi connectivity index (χ1n) is 7.03. The largest absolute Gasteiger partial charge is 0.394 e. The normalized spacial score (nSPS) is 14.3. The average Bonchev–Trinajstić information content (AvgIpc) is 2.37. The maximum Gasteiger partial charge on any atom is 0.393 e. The zero-order chi connectivity index (χ0) is 16.8. The summed E-state index contributed by atoms with van der Waals surface area (Å²) in [6, 6.07) is 5.03. The van der Waals surface area contributed by atoms with E-state index in [1.165, 1.54) is 24.3 Å². The summed E-state index contributed by atoms with van der Waals surface area (Å²) in [4.78, 5) is 11.9. The number of benzene rings is 1. The minimum absolute atomic E-state index is 0.0729. The first kappa shape index (κ1) is 18.3. The highest BCUT2D eigenvalue weighted by atomic mass is 19.4. The number of hydrogen-bond acceptors (Lipinski definition) is 2. The third-order valence-corrected chi connectivity index (χ3v) is 3.16. The van der Waals surface area contributed by atoms with Crippen molar-refractivity contribution >= 4 is 11.7 Å². The summed E-state index contributed by atoms with van der Waals surface area (Å²) in [5.74, 6) is 0. The number of aliphatic hydroxyl groups is 1. The summed E-state index contributed by atoms with van der Waals surface area (Å²) < 4.78 is 37.1. The highest BCUT2D eigenvalue weighted by molar-refractivity contribution is 5.89. The van der Waals surface area contributed by atoms with Crippen LogP contribution in [-0.4, -0.2) is 29.5 Å². The van der Waals surface area contributed by atoms with Crippen molar-refractivity contribution in [3.63, 3.8) is 0 Å². The van der Waals surface area contributed by atoms with E-state index in [-0.39, 0.29) is 17.9 Å². The first-order chi connectivity index (χ1) is 10.2. The van der Waals surface area contributed by atoms with E-state index in [0.29, 0.717) is 6.42 Å². The van der Waals surface area contributed by atoms with Crippen LogP contribution in [0.25, 0.3) is 0 Å². The zero-order valence-electron chi connectivity index (χ0n) is 12.6. The maximum atomic E-state index is 12.4. The predicted octanol–water partition coefficient (Wildman–Crippen LogP) is 3.46. The summed E-state index contributed by atoms with van der Waals surface area (Å²) in [6.07, 6.45) is -3.98. The topological polar surface area (TPSA) is 61.4 Å². The van der Waals surface area contributed by atoms with Crippen LogP contribution < -0.4 is 10.6 Å². The number of amides is 2.